The molecule has 1 fully saturated rings. The van der Waals surface area contributed by atoms with Gasteiger partial charge in [0.25, 0.3) is 5.91 Å². The fourth-order valence-electron chi connectivity index (χ4n) is 3.48. The molecule has 2 aliphatic rings. The lowest BCUT2D eigenvalue weighted by atomic mass is 10.1. The Morgan fingerprint density at radius 3 is 2.50 bits per heavy atom. The SMILES string of the molecule is C[C@@]12C=C(C(=O)OCc3ccccc3)C(=O)N1[C@@H](c1ccccc1)CO2. The largest absolute Gasteiger partial charge is 0.457 e. The molecular weight excluding hydrogens is 330 g/mol. The van der Waals surface area contributed by atoms with E-state index < -0.39 is 11.7 Å². The molecule has 1 saturated heterocycles. The van der Waals surface area contributed by atoms with Crippen LogP contribution >= 0.6 is 0 Å². The van der Waals surface area contributed by atoms with Crippen LogP contribution in [0, 0.1) is 0 Å². The van der Waals surface area contributed by atoms with Crippen molar-refractivity contribution in [1.29, 1.82) is 0 Å². The van der Waals surface area contributed by atoms with E-state index in [1.54, 1.807) is 17.9 Å². The summed E-state index contributed by atoms with van der Waals surface area (Å²) in [6.45, 7) is 2.32. The molecule has 5 heteroatoms. The number of rotatable bonds is 4. The Kier molecular flexibility index (Phi) is 4.09. The van der Waals surface area contributed by atoms with Crippen LogP contribution in [0.2, 0.25) is 0 Å². The summed E-state index contributed by atoms with van der Waals surface area (Å²) in [6.07, 6.45) is 1.58. The predicted molar refractivity (Wildman–Crippen MR) is 94.7 cm³/mol. The normalized spacial score (nSPS) is 24.3. The number of hydrogen-bond acceptors (Lipinski definition) is 4. The third-order valence-corrected chi connectivity index (χ3v) is 4.80. The van der Waals surface area contributed by atoms with Crippen molar-refractivity contribution in [3.8, 4) is 0 Å². The highest BCUT2D eigenvalue weighted by molar-refractivity contribution is 6.18. The van der Waals surface area contributed by atoms with Gasteiger partial charge in [0.05, 0.1) is 12.6 Å². The van der Waals surface area contributed by atoms with Gasteiger partial charge in [0.15, 0.2) is 5.72 Å². The number of ether oxygens (including phenoxy) is 2. The molecule has 2 heterocycles. The van der Waals surface area contributed by atoms with Crippen LogP contribution in [0.3, 0.4) is 0 Å². The van der Waals surface area contributed by atoms with E-state index in [9.17, 15) is 9.59 Å². The summed E-state index contributed by atoms with van der Waals surface area (Å²) < 4.78 is 11.2. The minimum Gasteiger partial charge on any atom is -0.457 e. The number of fused-ring (bicyclic) bond motifs is 1. The molecule has 0 saturated carbocycles. The van der Waals surface area contributed by atoms with Crippen molar-refractivity contribution < 1.29 is 19.1 Å². The van der Waals surface area contributed by atoms with E-state index in [1.807, 2.05) is 60.7 Å². The van der Waals surface area contributed by atoms with Gasteiger partial charge in [-0.3, -0.25) is 9.69 Å². The van der Waals surface area contributed by atoms with Crippen molar-refractivity contribution >= 4 is 11.9 Å². The topological polar surface area (TPSA) is 55.8 Å². The Morgan fingerprint density at radius 2 is 1.81 bits per heavy atom. The van der Waals surface area contributed by atoms with Crippen LogP contribution in [0.1, 0.15) is 24.1 Å². The van der Waals surface area contributed by atoms with Crippen LogP contribution in [-0.4, -0.2) is 29.1 Å². The molecule has 0 aromatic heterocycles. The number of carbonyl (C=O) groups excluding carboxylic acids is 2. The van der Waals surface area contributed by atoms with E-state index in [-0.39, 0.29) is 24.1 Å². The summed E-state index contributed by atoms with van der Waals surface area (Å²) in [4.78, 5) is 27.0. The number of hydrogen-bond donors (Lipinski definition) is 0. The highest BCUT2D eigenvalue weighted by atomic mass is 16.5. The second kappa shape index (κ2) is 6.42. The average molecular weight is 349 g/mol. The van der Waals surface area contributed by atoms with Crippen LogP contribution in [0.15, 0.2) is 72.3 Å². The maximum Gasteiger partial charge on any atom is 0.343 e. The zero-order chi connectivity index (χ0) is 18.1. The fraction of sp³-hybridized carbons (Fsp3) is 0.238. The van der Waals surface area contributed by atoms with Gasteiger partial charge in [0, 0.05) is 0 Å². The van der Waals surface area contributed by atoms with Gasteiger partial charge >= 0.3 is 5.97 Å². The molecule has 0 N–H and O–H groups in total. The van der Waals surface area contributed by atoms with E-state index >= 15 is 0 Å². The smallest absolute Gasteiger partial charge is 0.343 e. The molecule has 132 valence electrons. The molecule has 1 amide bonds. The van der Waals surface area contributed by atoms with Crippen LogP contribution in [-0.2, 0) is 25.7 Å². The maximum absolute atomic E-state index is 12.9. The van der Waals surface area contributed by atoms with Crippen LogP contribution in [0.4, 0.5) is 0 Å². The van der Waals surface area contributed by atoms with Crippen molar-refractivity contribution in [1.82, 2.24) is 4.90 Å². The average Bonchev–Trinajstić information content (AvgIpc) is 3.15. The van der Waals surface area contributed by atoms with Gasteiger partial charge in [-0.15, -0.1) is 0 Å². The summed E-state index contributed by atoms with van der Waals surface area (Å²) >= 11 is 0. The van der Waals surface area contributed by atoms with Crippen LogP contribution in [0.25, 0.3) is 0 Å². The highest BCUT2D eigenvalue weighted by Gasteiger charge is 2.53. The molecule has 26 heavy (non-hydrogen) atoms. The summed E-state index contributed by atoms with van der Waals surface area (Å²) in [5, 5.41) is 0. The molecule has 4 rings (SSSR count). The van der Waals surface area contributed by atoms with Crippen molar-refractivity contribution in [2.75, 3.05) is 6.61 Å². The lowest BCUT2D eigenvalue weighted by molar-refractivity contribution is -0.144. The van der Waals surface area contributed by atoms with Gasteiger partial charge < -0.3 is 9.47 Å². The Bertz CT molecular complexity index is 862. The Balaban J connectivity index is 1.52. The predicted octanol–water partition coefficient (Wildman–Crippen LogP) is 2.99. The molecule has 0 radical (unpaired) electrons. The first-order chi connectivity index (χ1) is 12.6. The minimum atomic E-state index is -0.918. The molecule has 0 spiro atoms. The summed E-state index contributed by atoms with van der Waals surface area (Å²) in [7, 11) is 0. The molecule has 2 aliphatic heterocycles. The zero-order valence-corrected chi connectivity index (χ0v) is 14.4. The molecular formula is C21H19NO4. The van der Waals surface area contributed by atoms with E-state index in [1.165, 1.54) is 0 Å². The standard InChI is InChI=1S/C21H19NO4/c1-21-12-17(20(24)25-13-15-8-4-2-5-9-15)19(23)22(21)18(14-26-21)16-10-6-3-7-11-16/h2-12,18H,13-14H2,1H3/t18-,21-/m1/s1. The van der Waals surface area contributed by atoms with E-state index in [4.69, 9.17) is 9.47 Å². The molecule has 0 bridgehead atoms. The molecule has 5 nitrogen and oxygen atoms in total. The Morgan fingerprint density at radius 1 is 1.15 bits per heavy atom. The molecule has 0 aliphatic carbocycles. The molecule has 2 aromatic rings. The maximum atomic E-state index is 12.9. The first kappa shape index (κ1) is 16.5. The zero-order valence-electron chi connectivity index (χ0n) is 14.4. The monoisotopic (exact) mass is 349 g/mol. The van der Waals surface area contributed by atoms with Gasteiger partial charge in [-0.1, -0.05) is 60.7 Å². The summed E-state index contributed by atoms with van der Waals surface area (Å²) in [6, 6.07) is 18.8. The van der Waals surface area contributed by atoms with Crippen molar-refractivity contribution in [2.45, 2.75) is 25.3 Å². The first-order valence-electron chi connectivity index (χ1n) is 8.55. The van der Waals surface area contributed by atoms with Crippen molar-refractivity contribution in [3.63, 3.8) is 0 Å². The summed E-state index contributed by atoms with van der Waals surface area (Å²) in [5.74, 6) is -0.971. The van der Waals surface area contributed by atoms with Gasteiger partial charge in [0.1, 0.15) is 12.2 Å². The number of esters is 1. The Hall–Kier alpha value is -2.92. The minimum absolute atomic E-state index is 0.0315. The number of benzene rings is 2. The second-order valence-corrected chi connectivity index (χ2v) is 6.59. The second-order valence-electron chi connectivity index (χ2n) is 6.59. The number of amides is 1. The summed E-state index contributed by atoms with van der Waals surface area (Å²) in [5.41, 5.74) is 0.969. The van der Waals surface area contributed by atoms with Crippen LogP contribution in [0.5, 0.6) is 0 Å². The van der Waals surface area contributed by atoms with Gasteiger partial charge in [-0.2, -0.15) is 0 Å². The lowest BCUT2D eigenvalue weighted by Crippen LogP contribution is -2.41. The van der Waals surface area contributed by atoms with Gasteiger partial charge in [0.2, 0.25) is 0 Å². The number of nitrogens with zero attached hydrogens (tertiary/aromatic N) is 1. The third kappa shape index (κ3) is 2.80. The third-order valence-electron chi connectivity index (χ3n) is 4.80. The van der Waals surface area contributed by atoms with Gasteiger partial charge in [-0.25, -0.2) is 4.79 Å². The fourth-order valence-corrected chi connectivity index (χ4v) is 3.48. The molecule has 2 aromatic carbocycles. The van der Waals surface area contributed by atoms with Crippen molar-refractivity contribution in [3.05, 3.63) is 83.4 Å². The van der Waals surface area contributed by atoms with Crippen molar-refractivity contribution in [2.24, 2.45) is 0 Å². The Labute approximate surface area is 151 Å². The quantitative estimate of drug-likeness (QED) is 0.629. The molecule has 0 unspecified atom stereocenters. The highest BCUT2D eigenvalue weighted by Crippen LogP contribution is 2.43. The van der Waals surface area contributed by atoms with E-state index in [2.05, 4.69) is 0 Å². The molecule has 2 atom stereocenters. The van der Waals surface area contributed by atoms with E-state index in [0.717, 1.165) is 11.1 Å². The van der Waals surface area contributed by atoms with E-state index in [0.29, 0.717) is 6.61 Å². The number of carbonyl (C=O) groups is 2. The first-order valence-corrected chi connectivity index (χ1v) is 8.55. The van der Waals surface area contributed by atoms with Crippen LogP contribution < -0.4 is 0 Å². The van der Waals surface area contributed by atoms with Gasteiger partial charge in [-0.05, 0) is 24.1 Å². The lowest BCUT2D eigenvalue weighted by Gasteiger charge is -2.29.